The molecule has 0 saturated heterocycles. The van der Waals surface area contributed by atoms with Crippen molar-refractivity contribution < 1.29 is 72.3 Å². The number of halogens is 3. The summed E-state index contributed by atoms with van der Waals surface area (Å²) in [7, 11) is -3.79. The van der Waals surface area contributed by atoms with Gasteiger partial charge in [-0.05, 0) is 54.3 Å². The molecule has 0 radical (unpaired) electrons. The molecule has 2 aromatic carbocycles. The van der Waals surface area contributed by atoms with Gasteiger partial charge >= 0.3 is 24.1 Å². The van der Waals surface area contributed by atoms with Crippen LogP contribution in [0.15, 0.2) is 52.3 Å². The predicted octanol–water partition coefficient (Wildman–Crippen LogP) is -1.59. The Balaban J connectivity index is 2.37. The normalized spacial score (nSPS) is 13.7. The number of hydrogen-bond donors (Lipinski definition) is 11. The molecule has 0 unspecified atom stereocenters. The number of alkyl halides is 3. The van der Waals surface area contributed by atoms with Crippen molar-refractivity contribution in [2.24, 2.45) is 0 Å². The van der Waals surface area contributed by atoms with E-state index in [4.69, 9.17) is 0 Å². The van der Waals surface area contributed by atoms with Gasteiger partial charge in [0.25, 0.3) is 5.91 Å². The third-order valence-electron chi connectivity index (χ3n) is 5.66. The highest BCUT2D eigenvalue weighted by atomic mass is 32.2. The molecule has 0 fully saturated rings. The van der Waals surface area contributed by atoms with Crippen molar-refractivity contribution in [1.82, 2.24) is 5.32 Å². The molecule has 0 aliphatic heterocycles. The van der Waals surface area contributed by atoms with Gasteiger partial charge in [-0.15, -0.1) is 0 Å². The number of carbonyl (C=O) groups is 1. The van der Waals surface area contributed by atoms with Crippen LogP contribution in [0.1, 0.15) is 28.8 Å². The zero-order chi connectivity index (χ0) is 31.7. The Morgan fingerprint density at radius 2 is 1.37 bits per heavy atom. The minimum absolute atomic E-state index is 0.00517. The zero-order valence-electron chi connectivity index (χ0n) is 20.9. The average Bonchev–Trinajstić information content (AvgIpc) is 2.77. The van der Waals surface area contributed by atoms with E-state index in [1.807, 2.05) is 0 Å². The van der Waals surface area contributed by atoms with Gasteiger partial charge in [0.2, 0.25) is 5.41 Å². The van der Waals surface area contributed by atoms with Crippen LogP contribution in [0.5, 0.6) is 0 Å². The molecule has 0 aromatic heterocycles. The standard InChI is InChI=1S/C22H27F3N2O12S2/c1-41(38,39)14-7-8-16(15(11-14)17(28)26-10-2-9-18(23,24)25)27-40-13-5-3-12(4-6-13)19(20(29,30)31,21(32,33)34)22(35,36)37/h3-8,11,27,29-37H,2,9-10H2,1H3,(H,26,28). The number of hydrogen-bond acceptors (Lipinski definition) is 14. The SMILES string of the molecule is CS(=O)(=O)c1ccc(NSc2ccc(C(C(O)(O)O)(C(O)(O)O)C(O)(O)O)cc2)c(C(=O)NCCCC(F)(F)F)c1. The third-order valence-corrected chi connectivity index (χ3v) is 7.60. The lowest BCUT2D eigenvalue weighted by Gasteiger charge is -2.48. The molecule has 1 amide bonds. The molecule has 0 spiro atoms. The van der Waals surface area contributed by atoms with Crippen molar-refractivity contribution >= 4 is 33.4 Å². The topological polar surface area (TPSA) is 257 Å². The zero-order valence-corrected chi connectivity index (χ0v) is 22.5. The van der Waals surface area contributed by atoms with Gasteiger partial charge in [-0.2, -0.15) is 13.2 Å². The van der Waals surface area contributed by atoms with Crippen LogP contribution in [0.3, 0.4) is 0 Å². The minimum Gasteiger partial charge on any atom is -0.352 e. The summed E-state index contributed by atoms with van der Waals surface area (Å²) in [5.41, 5.74) is -5.47. The molecule has 0 bridgehead atoms. The molecule has 0 saturated carbocycles. The molecule has 0 aliphatic carbocycles. The van der Waals surface area contributed by atoms with Gasteiger partial charge in [-0.3, -0.25) is 4.79 Å². The maximum atomic E-state index is 12.7. The quantitative estimate of drug-likeness (QED) is 0.0717. The molecule has 0 atom stereocenters. The van der Waals surface area contributed by atoms with Gasteiger partial charge in [0.15, 0.2) is 9.84 Å². The van der Waals surface area contributed by atoms with E-state index in [2.05, 4.69) is 10.0 Å². The maximum absolute atomic E-state index is 12.7. The molecule has 2 rings (SSSR count). The second-order valence-corrected chi connectivity index (χ2v) is 11.7. The second kappa shape index (κ2) is 12.0. The van der Waals surface area contributed by atoms with Crippen LogP contribution in [-0.2, 0) is 15.3 Å². The summed E-state index contributed by atoms with van der Waals surface area (Å²) in [6.45, 7) is -0.372. The van der Waals surface area contributed by atoms with E-state index in [9.17, 15) is 72.3 Å². The number of sulfone groups is 1. The fraction of sp³-hybridized carbons (Fsp3) is 0.409. The first-order valence-electron chi connectivity index (χ1n) is 11.2. The summed E-state index contributed by atoms with van der Waals surface area (Å²) < 4.78 is 63.7. The van der Waals surface area contributed by atoms with E-state index < -0.39 is 63.7 Å². The van der Waals surface area contributed by atoms with Gasteiger partial charge in [-0.1, -0.05) is 12.1 Å². The largest absolute Gasteiger partial charge is 0.389 e. The van der Waals surface area contributed by atoms with Crippen LogP contribution >= 0.6 is 11.9 Å². The molecule has 14 nitrogen and oxygen atoms in total. The predicted molar refractivity (Wildman–Crippen MR) is 133 cm³/mol. The van der Waals surface area contributed by atoms with Crippen molar-refractivity contribution in [3.05, 3.63) is 53.6 Å². The number of amides is 1. The Morgan fingerprint density at radius 1 is 0.854 bits per heavy atom. The fourth-order valence-electron chi connectivity index (χ4n) is 3.76. The minimum atomic E-state index is -4.56. The van der Waals surface area contributed by atoms with Crippen molar-refractivity contribution in [2.75, 3.05) is 17.5 Å². The lowest BCUT2D eigenvalue weighted by atomic mass is 9.72. The summed E-state index contributed by atoms with van der Waals surface area (Å²) >= 11 is 0.701. The monoisotopic (exact) mass is 632 g/mol. The molecular weight excluding hydrogens is 605 g/mol. The Labute approximate surface area is 234 Å². The first-order chi connectivity index (χ1) is 18.4. The Hall–Kier alpha value is -2.56. The highest BCUT2D eigenvalue weighted by molar-refractivity contribution is 8.00. The number of benzene rings is 2. The van der Waals surface area contributed by atoms with Crippen LogP contribution in [0, 0.1) is 0 Å². The summed E-state index contributed by atoms with van der Waals surface area (Å²) in [5, 5.41) is 89.1. The van der Waals surface area contributed by atoms with Gasteiger partial charge in [0.1, 0.15) is 0 Å². The van der Waals surface area contributed by atoms with Crippen molar-refractivity contribution in [2.45, 2.75) is 52.1 Å². The molecule has 41 heavy (non-hydrogen) atoms. The molecular formula is C22H27F3N2O12S2. The lowest BCUT2D eigenvalue weighted by molar-refractivity contribution is -0.531. The number of aliphatic hydroxyl groups is 9. The van der Waals surface area contributed by atoms with E-state index in [-0.39, 0.29) is 27.6 Å². The highest BCUT2D eigenvalue weighted by Gasteiger charge is 2.75. The molecule has 19 heteroatoms. The van der Waals surface area contributed by atoms with E-state index in [1.54, 1.807) is 0 Å². The number of carbonyl (C=O) groups excluding carboxylic acids is 1. The molecule has 0 aliphatic rings. The van der Waals surface area contributed by atoms with E-state index in [0.717, 1.165) is 30.5 Å². The number of anilines is 1. The molecule has 11 N–H and O–H groups in total. The molecule has 0 heterocycles. The Bertz CT molecular complexity index is 1300. The first kappa shape index (κ1) is 34.6. The van der Waals surface area contributed by atoms with Crippen LogP contribution in [0.25, 0.3) is 0 Å². The van der Waals surface area contributed by atoms with Crippen molar-refractivity contribution in [1.29, 1.82) is 0 Å². The first-order valence-corrected chi connectivity index (χ1v) is 13.9. The van der Waals surface area contributed by atoms with Crippen LogP contribution < -0.4 is 10.0 Å². The smallest absolute Gasteiger partial charge is 0.352 e. The summed E-state index contributed by atoms with van der Waals surface area (Å²) in [6.07, 6.45) is -5.16. The average molecular weight is 633 g/mol. The second-order valence-electron chi connectivity index (χ2n) is 8.84. The highest BCUT2D eigenvalue weighted by Crippen LogP contribution is 2.47. The molecule has 230 valence electrons. The van der Waals surface area contributed by atoms with Gasteiger partial charge < -0.3 is 56.0 Å². The Kier molecular flexibility index (Phi) is 10.1. The summed E-state index contributed by atoms with van der Waals surface area (Å²) in [4.78, 5) is 12.5. The fourth-order valence-corrected chi connectivity index (χ4v) is 5.08. The van der Waals surface area contributed by atoms with Gasteiger partial charge in [0, 0.05) is 24.1 Å². The Morgan fingerprint density at radius 3 is 1.80 bits per heavy atom. The maximum Gasteiger partial charge on any atom is 0.389 e. The van der Waals surface area contributed by atoms with Gasteiger partial charge in [-0.25, -0.2) is 8.42 Å². The van der Waals surface area contributed by atoms with Crippen LogP contribution in [0.4, 0.5) is 18.9 Å². The summed E-state index contributed by atoms with van der Waals surface area (Å²) in [5.74, 6) is -14.6. The number of nitrogens with one attached hydrogen (secondary N) is 2. The van der Waals surface area contributed by atoms with Crippen molar-refractivity contribution in [3.63, 3.8) is 0 Å². The van der Waals surface area contributed by atoms with Crippen LogP contribution in [0.2, 0.25) is 0 Å². The summed E-state index contributed by atoms with van der Waals surface area (Å²) in [6, 6.07) is 6.78. The van der Waals surface area contributed by atoms with Crippen molar-refractivity contribution in [3.8, 4) is 0 Å². The molecule has 2 aromatic rings. The lowest BCUT2D eigenvalue weighted by Crippen LogP contribution is -2.76. The number of rotatable bonds is 12. The van der Waals surface area contributed by atoms with Crippen LogP contribution in [-0.4, -0.2) is 97.2 Å². The van der Waals surface area contributed by atoms with E-state index >= 15 is 0 Å². The third kappa shape index (κ3) is 8.05. The van der Waals surface area contributed by atoms with Gasteiger partial charge in [0.05, 0.1) is 16.1 Å². The van der Waals surface area contributed by atoms with E-state index in [1.165, 1.54) is 6.07 Å². The van der Waals surface area contributed by atoms with E-state index in [0.29, 0.717) is 24.1 Å².